The van der Waals surface area contributed by atoms with E-state index in [9.17, 15) is 0 Å². The summed E-state index contributed by atoms with van der Waals surface area (Å²) in [6.07, 6.45) is 3.29. The summed E-state index contributed by atoms with van der Waals surface area (Å²) >= 11 is 8.41. The first-order chi connectivity index (χ1) is 10.2. The maximum atomic E-state index is 5.69. The van der Waals surface area contributed by atoms with E-state index < -0.39 is 0 Å². The fraction of sp³-hybridized carbons (Fsp3) is 0.0667. The van der Waals surface area contributed by atoms with Gasteiger partial charge in [-0.2, -0.15) is 5.10 Å². The van der Waals surface area contributed by atoms with Crippen LogP contribution in [0.3, 0.4) is 0 Å². The van der Waals surface area contributed by atoms with Crippen molar-refractivity contribution in [2.45, 2.75) is 0 Å². The number of nitrogens with one attached hydrogen (secondary N) is 2. The van der Waals surface area contributed by atoms with Gasteiger partial charge >= 0.3 is 0 Å². The van der Waals surface area contributed by atoms with Gasteiger partial charge in [0.2, 0.25) is 0 Å². The van der Waals surface area contributed by atoms with Crippen LogP contribution in [0, 0.1) is 0 Å². The molecule has 0 amide bonds. The van der Waals surface area contributed by atoms with Crippen molar-refractivity contribution >= 4 is 39.5 Å². The van der Waals surface area contributed by atoms with E-state index in [2.05, 4.69) is 38.4 Å². The van der Waals surface area contributed by atoms with E-state index in [-0.39, 0.29) is 0 Å². The molecule has 0 unspecified atom stereocenters. The molecule has 0 saturated carbocycles. The molecule has 0 aliphatic heterocycles. The van der Waals surface area contributed by atoms with Crippen molar-refractivity contribution in [3.8, 4) is 11.3 Å². The SMILES string of the molecule is C=CCNC(=S)N/N=C/c1ccc(-c2ccc(Br)cc2)o1. The number of rotatable bonds is 5. The number of benzene rings is 1. The first-order valence-corrected chi connectivity index (χ1v) is 7.43. The summed E-state index contributed by atoms with van der Waals surface area (Å²) in [6, 6.07) is 11.7. The topological polar surface area (TPSA) is 49.6 Å². The lowest BCUT2D eigenvalue weighted by molar-refractivity contribution is 0.574. The second-order valence-corrected chi connectivity index (χ2v) is 5.40. The Morgan fingerprint density at radius 2 is 2.05 bits per heavy atom. The Kier molecular flexibility index (Phi) is 5.71. The van der Waals surface area contributed by atoms with E-state index in [4.69, 9.17) is 16.6 Å². The van der Waals surface area contributed by atoms with Crippen LogP contribution >= 0.6 is 28.1 Å². The van der Waals surface area contributed by atoms with Crippen LogP contribution in [0.5, 0.6) is 0 Å². The van der Waals surface area contributed by atoms with Crippen molar-refractivity contribution in [1.82, 2.24) is 10.7 Å². The molecule has 0 aliphatic rings. The number of hydrazone groups is 1. The lowest BCUT2D eigenvalue weighted by Crippen LogP contribution is -2.31. The molecule has 0 saturated heterocycles. The molecule has 0 bridgehead atoms. The fourth-order valence-corrected chi connectivity index (χ4v) is 1.95. The zero-order chi connectivity index (χ0) is 15.1. The number of hydrogen-bond acceptors (Lipinski definition) is 3. The van der Waals surface area contributed by atoms with Gasteiger partial charge < -0.3 is 9.73 Å². The first kappa shape index (κ1) is 15.5. The summed E-state index contributed by atoms with van der Waals surface area (Å²) in [6.45, 7) is 4.18. The summed E-state index contributed by atoms with van der Waals surface area (Å²) in [5.74, 6) is 1.43. The monoisotopic (exact) mass is 363 g/mol. The highest BCUT2D eigenvalue weighted by Crippen LogP contribution is 2.23. The van der Waals surface area contributed by atoms with Crippen LogP contribution in [0.25, 0.3) is 11.3 Å². The van der Waals surface area contributed by atoms with Crippen LogP contribution in [-0.4, -0.2) is 17.9 Å². The van der Waals surface area contributed by atoms with Gasteiger partial charge in [-0.3, -0.25) is 5.43 Å². The zero-order valence-electron chi connectivity index (χ0n) is 11.2. The average molecular weight is 364 g/mol. The van der Waals surface area contributed by atoms with Gasteiger partial charge in [0.05, 0.1) is 6.21 Å². The molecule has 1 heterocycles. The van der Waals surface area contributed by atoms with Crippen molar-refractivity contribution in [3.05, 3.63) is 59.3 Å². The third kappa shape index (κ3) is 4.84. The second kappa shape index (κ2) is 7.75. The predicted molar refractivity (Wildman–Crippen MR) is 93.4 cm³/mol. The van der Waals surface area contributed by atoms with Crippen molar-refractivity contribution < 1.29 is 4.42 Å². The van der Waals surface area contributed by atoms with E-state index in [1.54, 1.807) is 12.3 Å². The Morgan fingerprint density at radius 3 is 2.76 bits per heavy atom. The Hall–Kier alpha value is -1.92. The minimum Gasteiger partial charge on any atom is -0.455 e. The van der Waals surface area contributed by atoms with E-state index in [0.717, 1.165) is 15.8 Å². The number of halogens is 1. The molecule has 2 N–H and O–H groups in total. The lowest BCUT2D eigenvalue weighted by atomic mass is 10.2. The Labute approximate surface area is 137 Å². The Balaban J connectivity index is 1.95. The van der Waals surface area contributed by atoms with Gasteiger partial charge in [-0.15, -0.1) is 6.58 Å². The van der Waals surface area contributed by atoms with Gasteiger partial charge in [0.15, 0.2) is 5.11 Å². The largest absolute Gasteiger partial charge is 0.455 e. The number of furan rings is 1. The molecular formula is C15H14BrN3OS. The average Bonchev–Trinajstić information content (AvgIpc) is 2.95. The highest BCUT2D eigenvalue weighted by Gasteiger charge is 2.03. The molecule has 6 heteroatoms. The van der Waals surface area contributed by atoms with Crippen LogP contribution in [-0.2, 0) is 0 Å². The molecule has 21 heavy (non-hydrogen) atoms. The van der Waals surface area contributed by atoms with Gasteiger partial charge in [-0.25, -0.2) is 0 Å². The second-order valence-electron chi connectivity index (χ2n) is 4.08. The summed E-state index contributed by atoms with van der Waals surface area (Å²) < 4.78 is 6.72. The smallest absolute Gasteiger partial charge is 0.187 e. The van der Waals surface area contributed by atoms with Gasteiger partial charge in [0.25, 0.3) is 0 Å². The van der Waals surface area contributed by atoms with E-state index in [1.807, 2.05) is 36.4 Å². The maximum absolute atomic E-state index is 5.69. The molecule has 0 atom stereocenters. The molecule has 2 rings (SSSR count). The van der Waals surface area contributed by atoms with Gasteiger partial charge in [0.1, 0.15) is 11.5 Å². The standard InChI is InChI=1S/C15H14BrN3OS/c1-2-9-17-15(21)19-18-10-13-7-8-14(20-13)11-3-5-12(16)6-4-11/h2-8,10H,1,9H2,(H2,17,19,21)/b18-10+. The van der Waals surface area contributed by atoms with Crippen LogP contribution in [0.1, 0.15) is 5.76 Å². The molecule has 108 valence electrons. The van der Waals surface area contributed by atoms with Crippen molar-refractivity contribution in [1.29, 1.82) is 0 Å². The van der Waals surface area contributed by atoms with Gasteiger partial charge in [0, 0.05) is 16.6 Å². The third-order valence-corrected chi connectivity index (χ3v) is 3.28. The molecule has 4 nitrogen and oxygen atoms in total. The fourth-order valence-electron chi connectivity index (χ4n) is 1.55. The molecule has 0 aliphatic carbocycles. The molecule has 2 aromatic rings. The number of hydrogen-bond donors (Lipinski definition) is 2. The normalized spacial score (nSPS) is 10.5. The Morgan fingerprint density at radius 1 is 1.29 bits per heavy atom. The van der Waals surface area contributed by atoms with E-state index >= 15 is 0 Å². The third-order valence-electron chi connectivity index (χ3n) is 2.52. The molecule has 1 aromatic heterocycles. The highest BCUT2D eigenvalue weighted by molar-refractivity contribution is 9.10. The zero-order valence-corrected chi connectivity index (χ0v) is 13.6. The van der Waals surface area contributed by atoms with Crippen LogP contribution < -0.4 is 10.7 Å². The minimum absolute atomic E-state index is 0.436. The van der Waals surface area contributed by atoms with Crippen molar-refractivity contribution in [3.63, 3.8) is 0 Å². The molecular weight excluding hydrogens is 350 g/mol. The molecule has 0 fully saturated rings. The van der Waals surface area contributed by atoms with Gasteiger partial charge in [-0.1, -0.05) is 34.1 Å². The van der Waals surface area contributed by atoms with Crippen molar-refractivity contribution in [2.24, 2.45) is 5.10 Å². The number of nitrogens with zero attached hydrogens (tertiary/aromatic N) is 1. The predicted octanol–water partition coefficient (Wildman–Crippen LogP) is 3.69. The molecule has 0 radical (unpaired) electrons. The summed E-state index contributed by atoms with van der Waals surface area (Å²) in [5.41, 5.74) is 3.71. The van der Waals surface area contributed by atoms with E-state index in [0.29, 0.717) is 17.4 Å². The maximum Gasteiger partial charge on any atom is 0.187 e. The lowest BCUT2D eigenvalue weighted by Gasteiger charge is -2.02. The summed E-state index contributed by atoms with van der Waals surface area (Å²) in [7, 11) is 0. The minimum atomic E-state index is 0.436. The van der Waals surface area contributed by atoms with E-state index in [1.165, 1.54) is 0 Å². The summed E-state index contributed by atoms with van der Waals surface area (Å²) in [4.78, 5) is 0. The molecule has 1 aromatic carbocycles. The Bertz CT molecular complexity index is 649. The number of thiocarbonyl (C=S) groups is 1. The van der Waals surface area contributed by atoms with Gasteiger partial charge in [-0.05, 0) is 36.5 Å². The first-order valence-electron chi connectivity index (χ1n) is 6.22. The van der Waals surface area contributed by atoms with Crippen LogP contribution in [0.2, 0.25) is 0 Å². The quantitative estimate of drug-likeness (QED) is 0.368. The molecule has 0 spiro atoms. The highest BCUT2D eigenvalue weighted by atomic mass is 79.9. The summed E-state index contributed by atoms with van der Waals surface area (Å²) in [5, 5.41) is 7.35. The van der Waals surface area contributed by atoms with Crippen LogP contribution in [0.15, 0.2) is 63.0 Å². The van der Waals surface area contributed by atoms with Crippen LogP contribution in [0.4, 0.5) is 0 Å². The van der Waals surface area contributed by atoms with Crippen molar-refractivity contribution in [2.75, 3.05) is 6.54 Å².